The highest BCUT2D eigenvalue weighted by Crippen LogP contribution is 2.31. The predicted molar refractivity (Wildman–Crippen MR) is 91.6 cm³/mol. The van der Waals surface area contributed by atoms with Gasteiger partial charge in [-0.1, -0.05) is 53.9 Å². The van der Waals surface area contributed by atoms with E-state index in [0.717, 1.165) is 21.2 Å². The number of rotatable bonds is 3. The summed E-state index contributed by atoms with van der Waals surface area (Å²) in [5.74, 6) is 6.92. The Hall–Kier alpha value is -1.80. The summed E-state index contributed by atoms with van der Waals surface area (Å²) in [5.41, 5.74) is 8.80. The molecule has 0 aliphatic rings. The Balaban J connectivity index is 1.78. The molecular formula is C17H14N2S2. The van der Waals surface area contributed by atoms with Gasteiger partial charge in [0.15, 0.2) is 4.34 Å². The van der Waals surface area contributed by atoms with Crippen LogP contribution in [0.15, 0.2) is 52.9 Å². The molecule has 3 rings (SSSR count). The molecule has 0 radical (unpaired) electrons. The topological polar surface area (TPSA) is 38.9 Å². The van der Waals surface area contributed by atoms with Crippen molar-refractivity contribution in [2.45, 2.75) is 10.1 Å². The maximum absolute atomic E-state index is 5.45. The second-order valence-corrected chi connectivity index (χ2v) is 6.65. The highest BCUT2D eigenvalue weighted by molar-refractivity contribution is 8.00. The van der Waals surface area contributed by atoms with Gasteiger partial charge in [-0.25, -0.2) is 4.98 Å². The van der Waals surface area contributed by atoms with Crippen molar-refractivity contribution in [2.75, 3.05) is 6.54 Å². The van der Waals surface area contributed by atoms with E-state index >= 15 is 0 Å². The lowest BCUT2D eigenvalue weighted by atomic mass is 10.1. The zero-order valence-electron chi connectivity index (χ0n) is 11.4. The van der Waals surface area contributed by atoms with Gasteiger partial charge in [0.05, 0.1) is 16.8 Å². The van der Waals surface area contributed by atoms with Crippen LogP contribution >= 0.6 is 23.1 Å². The van der Waals surface area contributed by atoms with Gasteiger partial charge in [0, 0.05) is 11.3 Å². The minimum absolute atomic E-state index is 0.388. The summed E-state index contributed by atoms with van der Waals surface area (Å²) in [6.07, 6.45) is 0. The van der Waals surface area contributed by atoms with Gasteiger partial charge in [0.1, 0.15) is 0 Å². The number of nitrogens with two attached hydrogens (primary N) is 1. The van der Waals surface area contributed by atoms with Gasteiger partial charge in [0.25, 0.3) is 0 Å². The molecule has 0 saturated carbocycles. The number of fused-ring (bicyclic) bond motifs is 1. The van der Waals surface area contributed by atoms with E-state index in [1.54, 1.807) is 23.1 Å². The lowest BCUT2D eigenvalue weighted by Crippen LogP contribution is -1.94. The Morgan fingerprint density at radius 2 is 1.90 bits per heavy atom. The molecule has 0 aliphatic carbocycles. The van der Waals surface area contributed by atoms with Crippen molar-refractivity contribution >= 4 is 33.3 Å². The largest absolute Gasteiger partial charge is 0.320 e. The van der Waals surface area contributed by atoms with Gasteiger partial charge in [-0.05, 0) is 23.8 Å². The van der Waals surface area contributed by atoms with E-state index in [1.807, 2.05) is 30.3 Å². The molecule has 2 aromatic carbocycles. The smallest absolute Gasteiger partial charge is 0.151 e. The first-order chi connectivity index (χ1) is 10.4. The van der Waals surface area contributed by atoms with Gasteiger partial charge in [0.2, 0.25) is 0 Å². The van der Waals surface area contributed by atoms with Crippen molar-refractivity contribution in [3.8, 4) is 11.8 Å². The fourth-order valence-electron chi connectivity index (χ4n) is 1.97. The fourth-order valence-corrected chi connectivity index (χ4v) is 4.04. The van der Waals surface area contributed by atoms with Gasteiger partial charge in [-0.2, -0.15) is 0 Å². The van der Waals surface area contributed by atoms with Crippen molar-refractivity contribution in [1.29, 1.82) is 0 Å². The van der Waals surface area contributed by atoms with Gasteiger partial charge >= 0.3 is 0 Å². The summed E-state index contributed by atoms with van der Waals surface area (Å²) in [4.78, 5) is 4.65. The van der Waals surface area contributed by atoms with Crippen LogP contribution in [0.25, 0.3) is 10.2 Å². The van der Waals surface area contributed by atoms with Crippen molar-refractivity contribution in [2.24, 2.45) is 5.73 Å². The fraction of sp³-hybridized carbons (Fsp3) is 0.118. The molecule has 0 atom stereocenters. The van der Waals surface area contributed by atoms with Gasteiger partial charge < -0.3 is 5.73 Å². The van der Waals surface area contributed by atoms with Crippen molar-refractivity contribution in [3.63, 3.8) is 0 Å². The Morgan fingerprint density at radius 1 is 1.10 bits per heavy atom. The molecule has 0 spiro atoms. The Bertz CT molecular complexity index is 779. The normalized spacial score (nSPS) is 10.3. The molecule has 21 heavy (non-hydrogen) atoms. The first kappa shape index (κ1) is 14.2. The minimum Gasteiger partial charge on any atom is -0.320 e. The molecule has 0 unspecified atom stereocenters. The van der Waals surface area contributed by atoms with Gasteiger partial charge in [-0.15, -0.1) is 11.3 Å². The molecule has 0 aliphatic heterocycles. The number of hydrogen-bond donors (Lipinski definition) is 1. The molecular weight excluding hydrogens is 296 g/mol. The summed E-state index contributed by atoms with van der Waals surface area (Å²) < 4.78 is 2.33. The number of benzene rings is 2. The van der Waals surface area contributed by atoms with Crippen molar-refractivity contribution in [1.82, 2.24) is 4.98 Å². The molecule has 2 nitrogen and oxygen atoms in total. The first-order valence-corrected chi connectivity index (χ1v) is 8.42. The Labute approximate surface area is 132 Å². The maximum Gasteiger partial charge on any atom is 0.151 e. The predicted octanol–water partition coefficient (Wildman–Crippen LogP) is 3.90. The molecule has 0 amide bonds. The summed E-state index contributed by atoms with van der Waals surface area (Å²) >= 11 is 3.49. The first-order valence-electron chi connectivity index (χ1n) is 6.62. The van der Waals surface area contributed by atoms with E-state index in [1.165, 1.54) is 10.3 Å². The molecule has 2 N–H and O–H groups in total. The number of nitrogens with zero attached hydrogens (tertiary/aromatic N) is 1. The molecule has 104 valence electrons. The van der Waals surface area contributed by atoms with Crippen molar-refractivity contribution < 1.29 is 0 Å². The Morgan fingerprint density at radius 3 is 2.76 bits per heavy atom. The standard InChI is InChI=1S/C17H14N2S2/c18-11-5-8-13-6-1-2-7-14(13)12-20-17-19-15-9-3-4-10-16(15)21-17/h1-4,6-7,9-10H,11-12,18H2. The summed E-state index contributed by atoms with van der Waals surface area (Å²) in [7, 11) is 0. The third-order valence-electron chi connectivity index (χ3n) is 2.97. The summed E-state index contributed by atoms with van der Waals surface area (Å²) in [5, 5.41) is 0. The lowest BCUT2D eigenvalue weighted by Gasteiger charge is -2.02. The highest BCUT2D eigenvalue weighted by atomic mass is 32.2. The molecule has 3 aromatic rings. The third-order valence-corrected chi connectivity index (χ3v) is 5.20. The van der Waals surface area contributed by atoms with Crippen LogP contribution in [0.5, 0.6) is 0 Å². The average molecular weight is 310 g/mol. The molecule has 0 fully saturated rings. The second-order valence-electron chi connectivity index (χ2n) is 4.40. The van der Waals surface area contributed by atoms with Crippen LogP contribution in [-0.4, -0.2) is 11.5 Å². The SMILES string of the molecule is NCC#Cc1ccccc1CSc1nc2ccccc2s1. The van der Waals surface area contributed by atoms with Crippen LogP contribution in [0.3, 0.4) is 0 Å². The van der Waals surface area contributed by atoms with E-state index in [4.69, 9.17) is 5.73 Å². The zero-order valence-corrected chi connectivity index (χ0v) is 13.0. The second kappa shape index (κ2) is 6.77. The zero-order chi connectivity index (χ0) is 14.5. The van der Waals surface area contributed by atoms with E-state index < -0.39 is 0 Å². The van der Waals surface area contributed by atoms with Crippen LogP contribution in [-0.2, 0) is 5.75 Å². The maximum atomic E-state index is 5.45. The summed E-state index contributed by atoms with van der Waals surface area (Å²) in [6, 6.07) is 16.4. The number of thioether (sulfide) groups is 1. The van der Waals surface area contributed by atoms with E-state index in [9.17, 15) is 0 Å². The average Bonchev–Trinajstić information content (AvgIpc) is 2.94. The number of aromatic nitrogens is 1. The van der Waals surface area contributed by atoms with Crippen LogP contribution < -0.4 is 5.73 Å². The molecule has 4 heteroatoms. The third kappa shape index (κ3) is 3.45. The van der Waals surface area contributed by atoms with E-state index in [2.05, 4.69) is 35.0 Å². The molecule has 0 bridgehead atoms. The van der Waals surface area contributed by atoms with Crippen LogP contribution in [0, 0.1) is 11.8 Å². The minimum atomic E-state index is 0.388. The Kier molecular flexibility index (Phi) is 4.56. The van der Waals surface area contributed by atoms with Crippen LogP contribution in [0.2, 0.25) is 0 Å². The van der Waals surface area contributed by atoms with E-state index in [0.29, 0.717) is 6.54 Å². The summed E-state index contributed by atoms with van der Waals surface area (Å²) in [6.45, 7) is 0.388. The van der Waals surface area contributed by atoms with Gasteiger partial charge in [-0.3, -0.25) is 0 Å². The van der Waals surface area contributed by atoms with E-state index in [-0.39, 0.29) is 0 Å². The highest BCUT2D eigenvalue weighted by Gasteiger charge is 2.05. The molecule has 1 aromatic heterocycles. The molecule has 1 heterocycles. The van der Waals surface area contributed by atoms with Crippen LogP contribution in [0.1, 0.15) is 11.1 Å². The van der Waals surface area contributed by atoms with Crippen LogP contribution in [0.4, 0.5) is 0 Å². The quantitative estimate of drug-likeness (QED) is 0.589. The number of para-hydroxylation sites is 1. The number of thiazole rings is 1. The van der Waals surface area contributed by atoms with Crippen molar-refractivity contribution in [3.05, 3.63) is 59.7 Å². The number of hydrogen-bond acceptors (Lipinski definition) is 4. The monoisotopic (exact) mass is 310 g/mol. The lowest BCUT2D eigenvalue weighted by molar-refractivity contribution is 1.28. The molecule has 0 saturated heterocycles.